The van der Waals surface area contributed by atoms with Gasteiger partial charge in [-0.25, -0.2) is 8.42 Å². The van der Waals surface area contributed by atoms with E-state index in [0.717, 1.165) is 11.1 Å². The first kappa shape index (κ1) is 16.4. The second-order valence-corrected chi connectivity index (χ2v) is 7.58. The number of aromatic hydroxyl groups is 2. The molecule has 0 heterocycles. The van der Waals surface area contributed by atoms with Crippen molar-refractivity contribution in [3.63, 3.8) is 0 Å². The minimum absolute atomic E-state index is 0.0200. The van der Waals surface area contributed by atoms with Crippen molar-refractivity contribution in [2.24, 2.45) is 0 Å². The molecule has 2 aromatic rings. The van der Waals surface area contributed by atoms with Gasteiger partial charge in [0.15, 0.2) is 0 Å². The van der Waals surface area contributed by atoms with Crippen LogP contribution in [0.1, 0.15) is 27.8 Å². The highest BCUT2D eigenvalue weighted by Crippen LogP contribution is 2.37. The lowest BCUT2D eigenvalue weighted by atomic mass is 10.1. The van der Waals surface area contributed by atoms with Gasteiger partial charge in [0.05, 0.1) is 4.90 Å². The molecule has 2 aromatic carbocycles. The third-order valence-corrected chi connectivity index (χ3v) is 6.08. The van der Waals surface area contributed by atoms with Crippen LogP contribution in [-0.2, 0) is 9.84 Å². The van der Waals surface area contributed by atoms with Crippen LogP contribution in [0.4, 0.5) is 0 Å². The smallest absolute Gasteiger partial charge is 0.210 e. The fraction of sp³-hybridized carbons (Fsp3) is 0.294. The first-order chi connectivity index (χ1) is 10.1. The molecule has 0 atom stereocenters. The number of aryl methyl sites for hydroxylation is 3. The van der Waals surface area contributed by atoms with Crippen molar-refractivity contribution in [3.8, 4) is 11.5 Å². The van der Waals surface area contributed by atoms with Gasteiger partial charge in [0.25, 0.3) is 0 Å². The summed E-state index contributed by atoms with van der Waals surface area (Å²) < 4.78 is 25.8. The quantitative estimate of drug-likeness (QED) is 0.888. The van der Waals surface area contributed by atoms with E-state index < -0.39 is 9.84 Å². The molecule has 2 rings (SSSR count). The van der Waals surface area contributed by atoms with Gasteiger partial charge in [-0.2, -0.15) is 0 Å². The zero-order valence-electron chi connectivity index (χ0n) is 13.4. The van der Waals surface area contributed by atoms with E-state index in [1.165, 1.54) is 18.2 Å². The molecule has 5 heteroatoms. The van der Waals surface area contributed by atoms with Crippen LogP contribution in [-0.4, -0.2) is 18.6 Å². The maximum atomic E-state index is 12.9. The van der Waals surface area contributed by atoms with Crippen molar-refractivity contribution in [1.82, 2.24) is 0 Å². The number of rotatable bonds is 2. The predicted molar refractivity (Wildman–Crippen MR) is 85.4 cm³/mol. The molecule has 0 radical (unpaired) electrons. The van der Waals surface area contributed by atoms with E-state index in [2.05, 4.69) is 0 Å². The number of benzene rings is 2. The first-order valence-corrected chi connectivity index (χ1v) is 8.40. The Labute approximate surface area is 131 Å². The summed E-state index contributed by atoms with van der Waals surface area (Å²) in [4.78, 5) is -0.118. The number of phenolic OH excluding ortho intramolecular Hbond substituents is 2. The molecule has 0 aliphatic heterocycles. The third-order valence-electron chi connectivity index (χ3n) is 4.17. The van der Waals surface area contributed by atoms with Gasteiger partial charge in [-0.1, -0.05) is 0 Å². The molecule has 22 heavy (non-hydrogen) atoms. The van der Waals surface area contributed by atoms with E-state index >= 15 is 0 Å². The number of hydrogen-bond acceptors (Lipinski definition) is 4. The molecular formula is C17H20O4S. The summed E-state index contributed by atoms with van der Waals surface area (Å²) in [7, 11) is -3.91. The molecule has 0 aliphatic carbocycles. The molecule has 0 aliphatic rings. The standard InChI is InChI=1S/C17H20O4S/c1-9-6-14(18)16(7-10(9)2)22(20,21)15-8-11(3)12(4)17(19)13(15)5/h6-8,18-19H,1-5H3. The Morgan fingerprint density at radius 1 is 0.727 bits per heavy atom. The molecule has 0 bridgehead atoms. The lowest BCUT2D eigenvalue weighted by molar-refractivity contribution is 0.456. The van der Waals surface area contributed by atoms with Gasteiger partial charge in [0.1, 0.15) is 16.4 Å². The summed E-state index contributed by atoms with van der Waals surface area (Å²) in [6.45, 7) is 8.64. The molecule has 2 N–H and O–H groups in total. The summed E-state index contributed by atoms with van der Waals surface area (Å²) in [5.41, 5.74) is 3.23. The topological polar surface area (TPSA) is 74.6 Å². The van der Waals surface area contributed by atoms with Crippen molar-refractivity contribution >= 4 is 9.84 Å². The van der Waals surface area contributed by atoms with Gasteiger partial charge in [-0.15, -0.1) is 0 Å². The van der Waals surface area contributed by atoms with Crippen LogP contribution in [0, 0.1) is 34.6 Å². The highest BCUT2D eigenvalue weighted by atomic mass is 32.2. The van der Waals surface area contributed by atoms with Crippen LogP contribution in [0.5, 0.6) is 11.5 Å². The van der Waals surface area contributed by atoms with E-state index in [1.807, 2.05) is 0 Å². The summed E-state index contributed by atoms with van der Waals surface area (Å²) in [6, 6.07) is 4.44. The Hall–Kier alpha value is -2.01. The SMILES string of the molecule is Cc1cc(O)c(S(=O)(=O)c2cc(C)c(C)c(O)c2C)cc1C. The number of phenols is 2. The van der Waals surface area contributed by atoms with Crippen LogP contribution in [0.3, 0.4) is 0 Å². The van der Waals surface area contributed by atoms with Crippen molar-refractivity contribution in [2.75, 3.05) is 0 Å². The summed E-state index contributed by atoms with van der Waals surface area (Å²) >= 11 is 0. The monoisotopic (exact) mass is 320 g/mol. The van der Waals surface area contributed by atoms with E-state index in [1.54, 1.807) is 34.6 Å². The molecule has 0 amide bonds. The fourth-order valence-corrected chi connectivity index (χ4v) is 4.12. The minimum atomic E-state index is -3.91. The summed E-state index contributed by atoms with van der Waals surface area (Å²) in [5.74, 6) is -0.304. The van der Waals surface area contributed by atoms with Crippen molar-refractivity contribution in [1.29, 1.82) is 0 Å². The van der Waals surface area contributed by atoms with Crippen LogP contribution in [0.15, 0.2) is 28.0 Å². The molecule has 0 unspecified atom stereocenters. The number of sulfone groups is 1. The molecule has 0 spiro atoms. The molecule has 0 aromatic heterocycles. The van der Waals surface area contributed by atoms with Gasteiger partial charge in [-0.3, -0.25) is 0 Å². The lowest BCUT2D eigenvalue weighted by Gasteiger charge is -2.15. The average molecular weight is 320 g/mol. The molecule has 4 nitrogen and oxygen atoms in total. The Balaban J connectivity index is 2.80. The second-order valence-electron chi connectivity index (χ2n) is 5.70. The van der Waals surface area contributed by atoms with Crippen LogP contribution < -0.4 is 0 Å². The van der Waals surface area contributed by atoms with Gasteiger partial charge in [0.2, 0.25) is 9.84 Å². The Morgan fingerprint density at radius 3 is 1.82 bits per heavy atom. The van der Waals surface area contributed by atoms with Crippen molar-refractivity contribution in [2.45, 2.75) is 44.4 Å². The maximum absolute atomic E-state index is 12.9. The largest absolute Gasteiger partial charge is 0.507 e. The minimum Gasteiger partial charge on any atom is -0.507 e. The summed E-state index contributed by atoms with van der Waals surface area (Å²) in [6.07, 6.45) is 0. The first-order valence-electron chi connectivity index (χ1n) is 6.92. The van der Waals surface area contributed by atoms with E-state index in [-0.39, 0.29) is 21.3 Å². The zero-order chi connectivity index (χ0) is 16.8. The number of hydrogen-bond donors (Lipinski definition) is 2. The Morgan fingerprint density at radius 2 is 1.23 bits per heavy atom. The van der Waals surface area contributed by atoms with Crippen LogP contribution in [0.2, 0.25) is 0 Å². The lowest BCUT2D eigenvalue weighted by Crippen LogP contribution is -2.07. The van der Waals surface area contributed by atoms with Crippen molar-refractivity contribution < 1.29 is 18.6 Å². The molecule has 0 fully saturated rings. The third kappa shape index (κ3) is 2.46. The van der Waals surface area contributed by atoms with E-state index in [0.29, 0.717) is 16.7 Å². The molecule has 118 valence electrons. The van der Waals surface area contributed by atoms with Gasteiger partial charge in [0, 0.05) is 5.56 Å². The second kappa shape index (κ2) is 5.32. The van der Waals surface area contributed by atoms with Gasteiger partial charge < -0.3 is 10.2 Å². The van der Waals surface area contributed by atoms with E-state index in [9.17, 15) is 18.6 Å². The Bertz CT molecular complexity index is 865. The highest BCUT2D eigenvalue weighted by molar-refractivity contribution is 7.91. The average Bonchev–Trinajstić information content (AvgIpc) is 2.44. The van der Waals surface area contributed by atoms with E-state index in [4.69, 9.17) is 0 Å². The van der Waals surface area contributed by atoms with Crippen LogP contribution in [0.25, 0.3) is 0 Å². The molecule has 0 saturated heterocycles. The van der Waals surface area contributed by atoms with Crippen LogP contribution >= 0.6 is 0 Å². The maximum Gasteiger partial charge on any atom is 0.210 e. The summed E-state index contributed by atoms with van der Waals surface area (Å²) in [5, 5.41) is 20.2. The molecule has 0 saturated carbocycles. The van der Waals surface area contributed by atoms with Gasteiger partial charge in [-0.05, 0) is 75.1 Å². The van der Waals surface area contributed by atoms with Crippen molar-refractivity contribution in [3.05, 3.63) is 46.0 Å². The predicted octanol–water partition coefficient (Wildman–Crippen LogP) is 3.47. The van der Waals surface area contributed by atoms with Gasteiger partial charge >= 0.3 is 0 Å². The fourth-order valence-electron chi connectivity index (χ4n) is 2.39. The Kier molecular flexibility index (Phi) is 3.96. The normalized spacial score (nSPS) is 11.7. The zero-order valence-corrected chi connectivity index (χ0v) is 14.2. The molecular weight excluding hydrogens is 300 g/mol. The highest BCUT2D eigenvalue weighted by Gasteiger charge is 2.26.